The summed E-state index contributed by atoms with van der Waals surface area (Å²) >= 11 is 0. The molecule has 0 amide bonds. The van der Waals surface area contributed by atoms with E-state index in [1.807, 2.05) is 0 Å². The Morgan fingerprint density at radius 1 is 0.722 bits per heavy atom. The van der Waals surface area contributed by atoms with Crippen molar-refractivity contribution in [2.24, 2.45) is 0 Å². The van der Waals surface area contributed by atoms with Crippen LogP contribution in [0.2, 0.25) is 0 Å². The van der Waals surface area contributed by atoms with Gasteiger partial charge in [0.2, 0.25) is 0 Å². The summed E-state index contributed by atoms with van der Waals surface area (Å²) in [5.74, 6) is 0. The van der Waals surface area contributed by atoms with E-state index < -0.39 is 0 Å². The summed E-state index contributed by atoms with van der Waals surface area (Å²) in [6, 6.07) is 13.5. The molecule has 0 radical (unpaired) electrons. The van der Waals surface area contributed by atoms with Gasteiger partial charge in [0.15, 0.2) is 0 Å². The molecular weight excluding hydrogens is 216 g/mol. The zero-order valence-electron chi connectivity index (χ0n) is 10.0. The van der Waals surface area contributed by atoms with Crippen LogP contribution in [0.5, 0.6) is 0 Å². The molecule has 0 nitrogen and oxygen atoms in total. The van der Waals surface area contributed by atoms with E-state index in [4.69, 9.17) is 0 Å². The van der Waals surface area contributed by atoms with E-state index >= 15 is 0 Å². The molecule has 2 aliphatic carbocycles. The second kappa shape index (κ2) is 2.84. The maximum atomic E-state index is 2.31. The molecular formula is C18H12. The van der Waals surface area contributed by atoms with E-state index in [2.05, 4.69) is 48.6 Å². The minimum atomic E-state index is 1.21. The van der Waals surface area contributed by atoms with Crippen molar-refractivity contribution in [1.82, 2.24) is 0 Å². The Labute approximate surface area is 106 Å². The van der Waals surface area contributed by atoms with Gasteiger partial charge in [0.25, 0.3) is 0 Å². The van der Waals surface area contributed by atoms with Crippen LogP contribution in [0.4, 0.5) is 0 Å². The van der Waals surface area contributed by atoms with Crippen LogP contribution in [0.15, 0.2) is 36.4 Å². The molecule has 5 rings (SSSR count). The van der Waals surface area contributed by atoms with Crippen molar-refractivity contribution >= 4 is 33.7 Å². The normalized spacial score (nSPS) is 15.1. The van der Waals surface area contributed by atoms with Gasteiger partial charge in [-0.2, -0.15) is 0 Å². The molecule has 0 heterocycles. The Kier molecular flexibility index (Phi) is 1.41. The highest BCUT2D eigenvalue weighted by Gasteiger charge is 2.22. The summed E-state index contributed by atoms with van der Waals surface area (Å²) in [4.78, 5) is 0. The fraction of sp³-hybridized carbons (Fsp3) is 0.111. The monoisotopic (exact) mass is 228 g/mol. The highest BCUT2D eigenvalue weighted by Crippen LogP contribution is 2.43. The fourth-order valence-corrected chi connectivity index (χ4v) is 3.79. The van der Waals surface area contributed by atoms with Gasteiger partial charge in [0, 0.05) is 0 Å². The molecule has 0 saturated carbocycles. The quantitative estimate of drug-likeness (QED) is 0.386. The zero-order chi connectivity index (χ0) is 11.7. The largest absolute Gasteiger partial charge is 0.0613 e. The van der Waals surface area contributed by atoms with Gasteiger partial charge in [0.05, 0.1) is 0 Å². The summed E-state index contributed by atoms with van der Waals surface area (Å²) in [7, 11) is 0. The molecule has 0 aromatic heterocycles. The van der Waals surface area contributed by atoms with Gasteiger partial charge in [-0.1, -0.05) is 48.6 Å². The number of rotatable bonds is 0. The SMILES string of the molecule is C1=Cc2c3c4c(cccc4c4cccc1c24)CC3. The number of fused-ring (bicyclic) bond motifs is 2. The summed E-state index contributed by atoms with van der Waals surface area (Å²) in [5, 5.41) is 5.88. The second-order valence-corrected chi connectivity index (χ2v) is 5.34. The van der Waals surface area contributed by atoms with Crippen LogP contribution in [0.3, 0.4) is 0 Å². The lowest BCUT2D eigenvalue weighted by atomic mass is 9.93. The van der Waals surface area contributed by atoms with Crippen LogP contribution >= 0.6 is 0 Å². The Balaban J connectivity index is 2.21. The molecule has 0 bridgehead atoms. The molecule has 3 aromatic rings. The first kappa shape index (κ1) is 8.93. The standard InChI is InChI=1S/C18H12/c1-3-11-7-9-15-16-10-8-12-4-2-6-14(18(12)16)13(5-1)17(11)15/h1-7,9H,8,10H2. The van der Waals surface area contributed by atoms with Crippen molar-refractivity contribution in [2.45, 2.75) is 12.8 Å². The van der Waals surface area contributed by atoms with Gasteiger partial charge >= 0.3 is 0 Å². The van der Waals surface area contributed by atoms with E-state index in [0.717, 1.165) is 0 Å². The molecule has 84 valence electrons. The average molecular weight is 228 g/mol. The third-order valence-electron chi connectivity index (χ3n) is 4.51. The van der Waals surface area contributed by atoms with E-state index in [-0.39, 0.29) is 0 Å². The average Bonchev–Trinajstić information content (AvgIpc) is 3.01. The molecule has 0 unspecified atom stereocenters. The minimum Gasteiger partial charge on any atom is -0.0613 e. The molecule has 0 atom stereocenters. The first-order valence-electron chi connectivity index (χ1n) is 6.61. The second-order valence-electron chi connectivity index (χ2n) is 5.34. The predicted molar refractivity (Wildman–Crippen MR) is 77.8 cm³/mol. The van der Waals surface area contributed by atoms with Gasteiger partial charge in [-0.3, -0.25) is 0 Å². The van der Waals surface area contributed by atoms with Gasteiger partial charge < -0.3 is 0 Å². The highest BCUT2D eigenvalue weighted by atomic mass is 14.3. The molecule has 0 spiro atoms. The van der Waals surface area contributed by atoms with Gasteiger partial charge in [-0.25, -0.2) is 0 Å². The number of hydrogen-bond acceptors (Lipinski definition) is 0. The minimum absolute atomic E-state index is 1.21. The first-order chi connectivity index (χ1) is 8.93. The van der Waals surface area contributed by atoms with Gasteiger partial charge in [-0.05, 0) is 56.6 Å². The molecule has 0 heteroatoms. The summed E-state index contributed by atoms with van der Waals surface area (Å²) in [6.07, 6.45) is 7.00. The molecule has 3 aromatic carbocycles. The number of aryl methyl sites for hydroxylation is 2. The lowest BCUT2D eigenvalue weighted by Gasteiger charge is -2.10. The van der Waals surface area contributed by atoms with Crippen LogP contribution < -0.4 is 0 Å². The van der Waals surface area contributed by atoms with Crippen molar-refractivity contribution in [1.29, 1.82) is 0 Å². The van der Waals surface area contributed by atoms with Crippen molar-refractivity contribution in [3.05, 3.63) is 58.7 Å². The van der Waals surface area contributed by atoms with Gasteiger partial charge in [-0.15, -0.1) is 0 Å². The maximum absolute atomic E-state index is 2.31. The van der Waals surface area contributed by atoms with Crippen LogP contribution in [0, 0.1) is 0 Å². The van der Waals surface area contributed by atoms with Crippen LogP contribution in [-0.4, -0.2) is 0 Å². The van der Waals surface area contributed by atoms with E-state index in [1.54, 1.807) is 5.56 Å². The Morgan fingerprint density at radius 2 is 1.56 bits per heavy atom. The Morgan fingerprint density at radius 3 is 2.50 bits per heavy atom. The molecule has 0 fully saturated rings. The van der Waals surface area contributed by atoms with Crippen LogP contribution in [0.25, 0.3) is 33.7 Å². The van der Waals surface area contributed by atoms with Crippen molar-refractivity contribution in [2.75, 3.05) is 0 Å². The Bertz CT molecular complexity index is 861. The van der Waals surface area contributed by atoms with E-state index in [1.165, 1.54) is 51.1 Å². The third kappa shape index (κ3) is 0.862. The summed E-state index contributed by atoms with van der Waals surface area (Å²) in [5.41, 5.74) is 5.98. The number of benzene rings is 3. The smallest absolute Gasteiger partial charge is 0.00296 e. The zero-order valence-corrected chi connectivity index (χ0v) is 10.0. The van der Waals surface area contributed by atoms with Crippen LogP contribution in [0.1, 0.15) is 22.3 Å². The topological polar surface area (TPSA) is 0 Å². The van der Waals surface area contributed by atoms with Crippen molar-refractivity contribution in [3.8, 4) is 0 Å². The summed E-state index contributed by atoms with van der Waals surface area (Å²) in [6.45, 7) is 0. The van der Waals surface area contributed by atoms with Crippen molar-refractivity contribution < 1.29 is 0 Å². The lowest BCUT2D eigenvalue weighted by Crippen LogP contribution is -1.88. The van der Waals surface area contributed by atoms with E-state index in [9.17, 15) is 0 Å². The molecule has 0 saturated heterocycles. The van der Waals surface area contributed by atoms with E-state index in [0.29, 0.717) is 0 Å². The third-order valence-corrected chi connectivity index (χ3v) is 4.51. The molecule has 0 aliphatic heterocycles. The first-order valence-corrected chi connectivity index (χ1v) is 6.61. The molecule has 18 heavy (non-hydrogen) atoms. The summed E-state index contributed by atoms with van der Waals surface area (Å²) < 4.78 is 0. The highest BCUT2D eigenvalue weighted by molar-refractivity contribution is 6.19. The fourth-order valence-electron chi connectivity index (χ4n) is 3.79. The Hall–Kier alpha value is -2.08. The lowest BCUT2D eigenvalue weighted by molar-refractivity contribution is 1.02. The molecule has 2 aliphatic rings. The van der Waals surface area contributed by atoms with Crippen molar-refractivity contribution in [3.63, 3.8) is 0 Å². The maximum Gasteiger partial charge on any atom is -0.00296 e. The predicted octanol–water partition coefficient (Wildman–Crippen LogP) is 4.58. The number of hydrogen-bond donors (Lipinski definition) is 0. The molecule has 0 N–H and O–H groups in total. The van der Waals surface area contributed by atoms with Crippen LogP contribution in [-0.2, 0) is 12.8 Å². The van der Waals surface area contributed by atoms with Gasteiger partial charge in [0.1, 0.15) is 0 Å².